The lowest BCUT2D eigenvalue weighted by Gasteiger charge is -2.07. The van der Waals surface area contributed by atoms with Gasteiger partial charge in [0.25, 0.3) is 6.47 Å². The Kier molecular flexibility index (Phi) is 7.94. The highest BCUT2D eigenvalue weighted by atomic mass is 16.5. The maximum atomic E-state index is 9.39. The molecule has 0 aromatic heterocycles. The summed E-state index contributed by atoms with van der Waals surface area (Å²) in [6.45, 7) is 8.09. The van der Waals surface area contributed by atoms with Gasteiger partial charge in [0.2, 0.25) is 0 Å². The van der Waals surface area contributed by atoms with E-state index in [0.29, 0.717) is 6.47 Å². The topological polar surface area (TPSA) is 35.5 Å². The van der Waals surface area contributed by atoms with Crippen LogP contribution in [0.15, 0.2) is 30.3 Å². The van der Waals surface area contributed by atoms with Crippen molar-refractivity contribution in [2.75, 3.05) is 0 Å². The largest absolute Gasteiger partial charge is 0.491 e. The maximum absolute atomic E-state index is 9.39. The molecule has 3 heteroatoms. The standard InChI is InChI=1S/C9H12O.C4H8O2/c1-8(2)10-9-6-4-3-5-7-9;1-4(2)6-3-5/h3-8H,1-2H3;3-4H,1-2H3. The average molecular weight is 224 g/mol. The van der Waals surface area contributed by atoms with Crippen molar-refractivity contribution in [3.05, 3.63) is 30.3 Å². The first-order valence-corrected chi connectivity index (χ1v) is 5.37. The summed E-state index contributed by atoms with van der Waals surface area (Å²) in [6.07, 6.45) is 0.296. The van der Waals surface area contributed by atoms with Crippen LogP contribution in [0.5, 0.6) is 5.75 Å². The highest BCUT2D eigenvalue weighted by molar-refractivity contribution is 5.37. The van der Waals surface area contributed by atoms with Gasteiger partial charge in [0.05, 0.1) is 12.2 Å². The number of hydrogen-bond donors (Lipinski definition) is 0. The Morgan fingerprint density at radius 1 is 1.00 bits per heavy atom. The zero-order valence-corrected chi connectivity index (χ0v) is 10.3. The molecule has 0 radical (unpaired) electrons. The van der Waals surface area contributed by atoms with Gasteiger partial charge in [-0.1, -0.05) is 18.2 Å². The summed E-state index contributed by atoms with van der Waals surface area (Å²) in [6, 6.07) is 9.84. The zero-order valence-electron chi connectivity index (χ0n) is 10.3. The van der Waals surface area contributed by atoms with E-state index in [1.807, 2.05) is 44.2 Å². The van der Waals surface area contributed by atoms with E-state index in [4.69, 9.17) is 4.74 Å². The number of hydrogen-bond acceptors (Lipinski definition) is 3. The first-order chi connectivity index (χ1) is 7.56. The van der Waals surface area contributed by atoms with Crippen LogP contribution in [0.2, 0.25) is 0 Å². The van der Waals surface area contributed by atoms with Gasteiger partial charge in [-0.25, -0.2) is 0 Å². The Bertz CT molecular complexity index is 268. The van der Waals surface area contributed by atoms with E-state index >= 15 is 0 Å². The molecule has 0 fully saturated rings. The Balaban J connectivity index is 0.000000325. The number of carbonyl (C=O) groups is 1. The molecule has 0 saturated heterocycles. The predicted molar refractivity (Wildman–Crippen MR) is 64.5 cm³/mol. The lowest BCUT2D eigenvalue weighted by atomic mass is 10.3. The summed E-state index contributed by atoms with van der Waals surface area (Å²) < 4.78 is 9.78. The Morgan fingerprint density at radius 2 is 1.56 bits per heavy atom. The zero-order chi connectivity index (χ0) is 12.4. The average Bonchev–Trinajstić information content (AvgIpc) is 2.18. The number of rotatable bonds is 4. The van der Waals surface area contributed by atoms with Crippen molar-refractivity contribution in [1.29, 1.82) is 0 Å². The molecule has 0 saturated carbocycles. The van der Waals surface area contributed by atoms with E-state index in [1.165, 1.54) is 0 Å². The Hall–Kier alpha value is -1.51. The highest BCUT2D eigenvalue weighted by Gasteiger charge is 1.92. The van der Waals surface area contributed by atoms with Crippen molar-refractivity contribution in [3.8, 4) is 5.75 Å². The normalized spacial score (nSPS) is 9.38. The van der Waals surface area contributed by atoms with Crippen molar-refractivity contribution in [2.24, 2.45) is 0 Å². The van der Waals surface area contributed by atoms with E-state index in [-0.39, 0.29) is 12.2 Å². The third-order valence-corrected chi connectivity index (χ3v) is 1.44. The van der Waals surface area contributed by atoms with Crippen LogP contribution in [0, 0.1) is 0 Å². The van der Waals surface area contributed by atoms with Gasteiger partial charge in [0.1, 0.15) is 5.75 Å². The lowest BCUT2D eigenvalue weighted by Crippen LogP contribution is -2.04. The first-order valence-electron chi connectivity index (χ1n) is 5.37. The molecule has 0 aliphatic rings. The van der Waals surface area contributed by atoms with Gasteiger partial charge < -0.3 is 9.47 Å². The summed E-state index contributed by atoms with van der Waals surface area (Å²) in [5.74, 6) is 0.942. The predicted octanol–water partition coefficient (Wildman–Crippen LogP) is 3.04. The smallest absolute Gasteiger partial charge is 0.293 e. The van der Waals surface area contributed by atoms with Crippen molar-refractivity contribution in [2.45, 2.75) is 39.9 Å². The molecule has 0 bridgehead atoms. The Morgan fingerprint density at radius 3 is 1.88 bits per heavy atom. The fourth-order valence-electron chi connectivity index (χ4n) is 0.882. The molecule has 0 atom stereocenters. The maximum Gasteiger partial charge on any atom is 0.293 e. The van der Waals surface area contributed by atoms with E-state index < -0.39 is 0 Å². The molecule has 1 aromatic rings. The molecule has 0 aliphatic carbocycles. The van der Waals surface area contributed by atoms with Gasteiger partial charge in [-0.3, -0.25) is 4.79 Å². The second-order valence-corrected chi connectivity index (χ2v) is 3.76. The van der Waals surface area contributed by atoms with Crippen molar-refractivity contribution in [1.82, 2.24) is 0 Å². The minimum absolute atomic E-state index is 0.0301. The number of ether oxygens (including phenoxy) is 2. The summed E-state index contributed by atoms with van der Waals surface area (Å²) in [7, 11) is 0. The molecule has 16 heavy (non-hydrogen) atoms. The van der Waals surface area contributed by atoms with Gasteiger partial charge >= 0.3 is 0 Å². The molecule has 0 aliphatic heterocycles. The van der Waals surface area contributed by atoms with E-state index in [1.54, 1.807) is 13.8 Å². The van der Waals surface area contributed by atoms with Crippen LogP contribution in [0.1, 0.15) is 27.7 Å². The third kappa shape index (κ3) is 9.06. The molecule has 1 aromatic carbocycles. The van der Waals surface area contributed by atoms with Gasteiger partial charge in [0, 0.05) is 0 Å². The fourth-order valence-corrected chi connectivity index (χ4v) is 0.882. The Labute approximate surface area is 97.4 Å². The van der Waals surface area contributed by atoms with Crippen LogP contribution in [0.25, 0.3) is 0 Å². The molecular formula is C13H20O3. The van der Waals surface area contributed by atoms with Crippen LogP contribution in [-0.4, -0.2) is 18.7 Å². The van der Waals surface area contributed by atoms with Crippen molar-refractivity contribution < 1.29 is 14.3 Å². The molecule has 0 unspecified atom stereocenters. The molecule has 3 nitrogen and oxygen atoms in total. The van der Waals surface area contributed by atoms with Crippen molar-refractivity contribution in [3.63, 3.8) is 0 Å². The third-order valence-electron chi connectivity index (χ3n) is 1.44. The minimum atomic E-state index is 0.0301. The van der Waals surface area contributed by atoms with E-state index in [2.05, 4.69) is 4.74 Å². The van der Waals surface area contributed by atoms with Gasteiger partial charge in [0.15, 0.2) is 0 Å². The molecule has 1 rings (SSSR count). The second kappa shape index (κ2) is 8.77. The number of benzene rings is 1. The monoisotopic (exact) mass is 224 g/mol. The van der Waals surface area contributed by atoms with Crippen molar-refractivity contribution >= 4 is 6.47 Å². The van der Waals surface area contributed by atoms with Gasteiger partial charge in [-0.05, 0) is 39.8 Å². The van der Waals surface area contributed by atoms with Crippen LogP contribution in [0.4, 0.5) is 0 Å². The second-order valence-electron chi connectivity index (χ2n) is 3.76. The summed E-state index contributed by atoms with van der Waals surface area (Å²) in [5.41, 5.74) is 0. The SMILES string of the molecule is CC(C)OC=O.CC(C)Oc1ccccc1. The quantitative estimate of drug-likeness (QED) is 0.737. The molecule has 0 spiro atoms. The molecule has 0 amide bonds. The molecular weight excluding hydrogens is 204 g/mol. The summed E-state index contributed by atoms with van der Waals surface area (Å²) >= 11 is 0. The number of para-hydroxylation sites is 1. The van der Waals surface area contributed by atoms with Crippen LogP contribution in [-0.2, 0) is 9.53 Å². The van der Waals surface area contributed by atoms with E-state index in [0.717, 1.165) is 5.75 Å². The number of carbonyl (C=O) groups excluding carboxylic acids is 1. The minimum Gasteiger partial charge on any atom is -0.491 e. The molecule has 0 heterocycles. The van der Waals surface area contributed by atoms with Crippen LogP contribution in [0.3, 0.4) is 0 Å². The molecule has 90 valence electrons. The lowest BCUT2D eigenvalue weighted by molar-refractivity contribution is -0.131. The van der Waals surface area contributed by atoms with Gasteiger partial charge in [-0.15, -0.1) is 0 Å². The highest BCUT2D eigenvalue weighted by Crippen LogP contribution is 2.09. The van der Waals surface area contributed by atoms with Crippen LogP contribution < -0.4 is 4.74 Å². The van der Waals surface area contributed by atoms with Gasteiger partial charge in [-0.2, -0.15) is 0 Å². The first kappa shape index (κ1) is 14.5. The van der Waals surface area contributed by atoms with E-state index in [9.17, 15) is 4.79 Å². The summed E-state index contributed by atoms with van der Waals surface area (Å²) in [4.78, 5) is 9.39. The molecule has 0 N–H and O–H groups in total. The van der Waals surface area contributed by atoms with Crippen LogP contribution >= 0.6 is 0 Å². The fraction of sp³-hybridized carbons (Fsp3) is 0.462. The summed E-state index contributed by atoms with van der Waals surface area (Å²) in [5, 5.41) is 0.